The molecule has 0 aliphatic heterocycles. The Morgan fingerprint density at radius 2 is 1.39 bits per heavy atom. The van der Waals surface area contributed by atoms with Crippen LogP contribution in [0.4, 0.5) is 0 Å². The van der Waals surface area contributed by atoms with E-state index in [0.29, 0.717) is 6.04 Å². The quantitative estimate of drug-likeness (QED) is 0.670. The summed E-state index contributed by atoms with van der Waals surface area (Å²) in [5.74, 6) is 0.824. The molecule has 0 spiro atoms. The summed E-state index contributed by atoms with van der Waals surface area (Å²) in [5, 5.41) is 2.18. The SMILES string of the molecule is C.C.CCC(C)C[NH3+].CCC(C)[NH3+].CCC[NH2+]C. The van der Waals surface area contributed by atoms with Gasteiger partial charge in [-0.1, -0.05) is 42.5 Å². The summed E-state index contributed by atoms with van der Waals surface area (Å²) < 4.78 is 0. The summed E-state index contributed by atoms with van der Waals surface area (Å²) in [7, 11) is 2.09. The Kier molecular flexibility index (Phi) is 51.5. The van der Waals surface area contributed by atoms with Crippen molar-refractivity contribution in [2.24, 2.45) is 5.92 Å². The van der Waals surface area contributed by atoms with Gasteiger partial charge in [-0.25, -0.2) is 0 Å². The van der Waals surface area contributed by atoms with Gasteiger partial charge in [-0.05, 0) is 26.2 Å². The van der Waals surface area contributed by atoms with Gasteiger partial charge in [-0.2, -0.15) is 0 Å². The Balaban J connectivity index is -0.0000000447. The predicted octanol–water partition coefficient (Wildman–Crippen LogP) is 1.16. The molecule has 0 heterocycles. The van der Waals surface area contributed by atoms with Crippen LogP contribution in [0.2, 0.25) is 0 Å². The van der Waals surface area contributed by atoms with E-state index in [1.165, 1.54) is 25.8 Å². The molecule has 0 saturated heterocycles. The van der Waals surface area contributed by atoms with Gasteiger partial charge in [-0.3, -0.25) is 0 Å². The Morgan fingerprint density at radius 1 is 1.00 bits per heavy atom. The third kappa shape index (κ3) is 56.6. The van der Waals surface area contributed by atoms with Crippen molar-refractivity contribution in [3.8, 4) is 0 Å². The van der Waals surface area contributed by atoms with Crippen LogP contribution in [-0.2, 0) is 0 Å². The first-order valence-corrected chi connectivity index (χ1v) is 6.89. The normalized spacial score (nSPS) is 11.3. The van der Waals surface area contributed by atoms with E-state index in [0.717, 1.165) is 12.5 Å². The highest BCUT2D eigenvalue weighted by Crippen LogP contribution is 1.92. The third-order valence-electron chi connectivity index (χ3n) is 2.46. The summed E-state index contributed by atoms with van der Waals surface area (Å²) in [6, 6.07) is 0.634. The van der Waals surface area contributed by atoms with Gasteiger partial charge in [0.1, 0.15) is 0 Å². The van der Waals surface area contributed by atoms with Crippen molar-refractivity contribution < 1.29 is 16.8 Å². The van der Waals surface area contributed by atoms with Crippen LogP contribution in [0, 0.1) is 5.92 Å². The number of hydrogen-bond acceptors (Lipinski definition) is 0. The summed E-state index contributed by atoms with van der Waals surface area (Å²) in [6.45, 7) is 13.2. The van der Waals surface area contributed by atoms with Gasteiger partial charge in [0.25, 0.3) is 0 Å². The Hall–Kier alpha value is -0.120. The maximum Gasteiger partial charge on any atom is 0.0812 e. The van der Waals surface area contributed by atoms with Crippen molar-refractivity contribution in [1.82, 2.24) is 0 Å². The zero-order valence-corrected chi connectivity index (χ0v) is 12.7. The number of nitrogens with two attached hydrogens (primary N) is 1. The fourth-order valence-corrected chi connectivity index (χ4v) is 0.493. The van der Waals surface area contributed by atoms with Crippen molar-refractivity contribution >= 4 is 0 Å². The topological polar surface area (TPSA) is 71.9 Å². The molecule has 3 heteroatoms. The molecule has 18 heavy (non-hydrogen) atoms. The van der Waals surface area contributed by atoms with Crippen molar-refractivity contribution in [3.05, 3.63) is 0 Å². The van der Waals surface area contributed by atoms with Crippen LogP contribution >= 0.6 is 0 Å². The monoisotopic (exact) mass is 268 g/mol. The van der Waals surface area contributed by atoms with Crippen molar-refractivity contribution in [1.29, 1.82) is 0 Å². The summed E-state index contributed by atoms with van der Waals surface area (Å²) in [4.78, 5) is 0. The minimum atomic E-state index is 0. The first-order chi connectivity index (χ1) is 7.49. The average Bonchev–Trinajstić information content (AvgIpc) is 2.30. The molecule has 0 radical (unpaired) electrons. The number of rotatable bonds is 5. The lowest BCUT2D eigenvalue weighted by Gasteiger charge is -1.96. The van der Waals surface area contributed by atoms with E-state index in [2.05, 4.69) is 58.5 Å². The second-order valence-electron chi connectivity index (χ2n) is 4.51. The highest BCUT2D eigenvalue weighted by atomic mass is 14.8. The first kappa shape index (κ1) is 30.7. The second-order valence-corrected chi connectivity index (χ2v) is 4.51. The van der Waals surface area contributed by atoms with Gasteiger partial charge in [0, 0.05) is 5.92 Å². The highest BCUT2D eigenvalue weighted by molar-refractivity contribution is 4.40. The van der Waals surface area contributed by atoms with E-state index < -0.39 is 0 Å². The molecule has 118 valence electrons. The van der Waals surface area contributed by atoms with Crippen molar-refractivity contribution in [3.63, 3.8) is 0 Å². The third-order valence-corrected chi connectivity index (χ3v) is 2.46. The molecular formula is C15H46N3+3. The minimum absolute atomic E-state index is 0. The molecule has 0 aliphatic carbocycles. The molecule has 0 aromatic heterocycles. The average molecular weight is 269 g/mol. The summed E-state index contributed by atoms with van der Waals surface area (Å²) in [5.41, 5.74) is 7.51. The molecule has 0 bridgehead atoms. The van der Waals surface area contributed by atoms with Crippen molar-refractivity contribution in [2.45, 2.75) is 74.8 Å². The second kappa shape index (κ2) is 30.2. The van der Waals surface area contributed by atoms with Gasteiger partial charge in [0.15, 0.2) is 0 Å². The van der Waals surface area contributed by atoms with E-state index in [1.807, 2.05) is 0 Å². The maximum absolute atomic E-state index is 3.76. The molecule has 0 amide bonds. The van der Waals surface area contributed by atoms with E-state index >= 15 is 0 Å². The molecule has 2 unspecified atom stereocenters. The van der Waals surface area contributed by atoms with E-state index in [4.69, 9.17) is 0 Å². The summed E-state index contributed by atoms with van der Waals surface area (Å²) >= 11 is 0. The minimum Gasteiger partial charge on any atom is -0.357 e. The molecule has 8 N–H and O–H groups in total. The van der Waals surface area contributed by atoms with E-state index in [-0.39, 0.29) is 14.9 Å². The maximum atomic E-state index is 3.76. The van der Waals surface area contributed by atoms with E-state index in [9.17, 15) is 0 Å². The Morgan fingerprint density at radius 3 is 1.39 bits per heavy atom. The molecule has 3 nitrogen and oxygen atoms in total. The van der Waals surface area contributed by atoms with Crippen LogP contribution in [0.1, 0.15) is 68.7 Å². The standard InChI is InChI=1S/C5H13N.2C4H11N.2CH4/c1-3-5(2)4-6;1-3-4-5-2;1-3-4(2)5;;/h5H,3-4,6H2,1-2H3;5H,3-4H2,1-2H3;4H,3,5H2,1-2H3;2*1H4/p+3. The van der Waals surface area contributed by atoms with Gasteiger partial charge in [0.05, 0.1) is 26.2 Å². The predicted molar refractivity (Wildman–Crippen MR) is 86.3 cm³/mol. The largest absolute Gasteiger partial charge is 0.357 e. The number of hydrogen-bond donors (Lipinski definition) is 3. The Labute approximate surface area is 118 Å². The summed E-state index contributed by atoms with van der Waals surface area (Å²) in [6.07, 6.45) is 3.75. The molecule has 0 aliphatic rings. The first-order valence-electron chi connectivity index (χ1n) is 6.89. The van der Waals surface area contributed by atoms with Crippen LogP contribution in [0.25, 0.3) is 0 Å². The van der Waals surface area contributed by atoms with Gasteiger partial charge in [0.2, 0.25) is 0 Å². The van der Waals surface area contributed by atoms with Crippen molar-refractivity contribution in [2.75, 3.05) is 20.1 Å². The van der Waals surface area contributed by atoms with Crippen LogP contribution in [0.15, 0.2) is 0 Å². The molecule has 0 fully saturated rings. The fourth-order valence-electron chi connectivity index (χ4n) is 0.493. The smallest absolute Gasteiger partial charge is 0.0812 e. The van der Waals surface area contributed by atoms with Crippen LogP contribution in [0.3, 0.4) is 0 Å². The molecular weight excluding hydrogens is 222 g/mol. The van der Waals surface area contributed by atoms with E-state index in [1.54, 1.807) is 0 Å². The molecule has 0 aromatic rings. The van der Waals surface area contributed by atoms with Gasteiger partial charge < -0.3 is 16.8 Å². The van der Waals surface area contributed by atoms with Crippen LogP contribution < -0.4 is 16.8 Å². The van der Waals surface area contributed by atoms with Gasteiger partial charge in [-0.15, -0.1) is 0 Å². The van der Waals surface area contributed by atoms with Gasteiger partial charge >= 0.3 is 0 Å². The highest BCUT2D eigenvalue weighted by Gasteiger charge is 1.92. The molecule has 2 atom stereocenters. The zero-order valence-electron chi connectivity index (χ0n) is 12.7. The van der Waals surface area contributed by atoms with Crippen LogP contribution in [-0.4, -0.2) is 26.2 Å². The number of quaternary nitrogens is 3. The van der Waals surface area contributed by atoms with Crippen LogP contribution in [0.5, 0.6) is 0 Å². The lowest BCUT2D eigenvalue weighted by molar-refractivity contribution is -0.626. The molecule has 0 aromatic carbocycles. The zero-order chi connectivity index (χ0) is 13.4. The Bertz CT molecular complexity index is 89.7. The lowest BCUT2D eigenvalue weighted by Crippen LogP contribution is -2.79. The lowest BCUT2D eigenvalue weighted by atomic mass is 10.1. The molecule has 0 rings (SSSR count). The molecule has 0 saturated carbocycles. The fraction of sp³-hybridized carbons (Fsp3) is 1.00.